The highest BCUT2D eigenvalue weighted by Crippen LogP contribution is 2.31. The van der Waals surface area contributed by atoms with Crippen molar-refractivity contribution in [1.29, 1.82) is 0 Å². The van der Waals surface area contributed by atoms with Crippen LogP contribution in [-0.2, 0) is 4.79 Å². The summed E-state index contributed by atoms with van der Waals surface area (Å²) >= 11 is 0. The summed E-state index contributed by atoms with van der Waals surface area (Å²) in [6, 6.07) is 0.401. The van der Waals surface area contributed by atoms with Crippen molar-refractivity contribution in [3.05, 3.63) is 11.8 Å². The molecule has 0 spiro atoms. The van der Waals surface area contributed by atoms with E-state index in [0.717, 1.165) is 12.0 Å². The SMILES string of the molecule is C#CC1=CN2C(=O)C[C@H]2C1. The Balaban J connectivity index is 2.21. The molecule has 10 heavy (non-hydrogen) atoms. The second-order valence-electron chi connectivity index (χ2n) is 2.66. The average molecular weight is 133 g/mol. The number of rotatable bonds is 0. The maximum absolute atomic E-state index is 10.8. The molecule has 1 amide bonds. The third-order valence-electron chi connectivity index (χ3n) is 2.03. The fourth-order valence-electron chi connectivity index (χ4n) is 1.42. The second-order valence-corrected chi connectivity index (χ2v) is 2.66. The number of terminal acetylenes is 1. The van der Waals surface area contributed by atoms with Gasteiger partial charge in [0.2, 0.25) is 5.91 Å². The number of amides is 1. The van der Waals surface area contributed by atoms with Crippen LogP contribution in [0, 0.1) is 12.3 Å². The quantitative estimate of drug-likeness (QED) is 0.348. The third kappa shape index (κ3) is 0.522. The zero-order chi connectivity index (χ0) is 7.14. The van der Waals surface area contributed by atoms with Gasteiger partial charge in [0.15, 0.2) is 0 Å². The van der Waals surface area contributed by atoms with Gasteiger partial charge in [0.1, 0.15) is 0 Å². The number of carbonyl (C=O) groups is 1. The molecule has 2 heterocycles. The molecule has 0 radical (unpaired) electrons. The Morgan fingerprint density at radius 3 is 3.00 bits per heavy atom. The molecule has 0 aromatic rings. The Morgan fingerprint density at radius 2 is 2.50 bits per heavy atom. The number of nitrogens with zero attached hydrogens (tertiary/aromatic N) is 1. The Hall–Kier alpha value is -1.23. The van der Waals surface area contributed by atoms with Crippen LogP contribution in [0.4, 0.5) is 0 Å². The fourth-order valence-corrected chi connectivity index (χ4v) is 1.42. The fraction of sp³-hybridized carbons (Fsp3) is 0.375. The van der Waals surface area contributed by atoms with E-state index >= 15 is 0 Å². The van der Waals surface area contributed by atoms with Crippen molar-refractivity contribution < 1.29 is 4.79 Å². The van der Waals surface area contributed by atoms with E-state index in [-0.39, 0.29) is 5.91 Å². The lowest BCUT2D eigenvalue weighted by Crippen LogP contribution is -2.45. The second kappa shape index (κ2) is 1.63. The van der Waals surface area contributed by atoms with E-state index in [1.807, 2.05) is 0 Å². The zero-order valence-corrected chi connectivity index (χ0v) is 5.50. The Kier molecular flexibility index (Phi) is 0.906. The summed E-state index contributed by atoms with van der Waals surface area (Å²) in [6.45, 7) is 0. The molecule has 2 nitrogen and oxygen atoms in total. The van der Waals surface area contributed by atoms with E-state index in [1.54, 1.807) is 11.1 Å². The first-order valence-electron chi connectivity index (χ1n) is 3.30. The molecule has 50 valence electrons. The van der Waals surface area contributed by atoms with E-state index in [9.17, 15) is 4.79 Å². The number of hydrogen-bond donors (Lipinski definition) is 0. The highest BCUT2D eigenvalue weighted by molar-refractivity contribution is 5.85. The van der Waals surface area contributed by atoms with Crippen LogP contribution >= 0.6 is 0 Å². The van der Waals surface area contributed by atoms with Gasteiger partial charge in [0.25, 0.3) is 0 Å². The summed E-state index contributed by atoms with van der Waals surface area (Å²) < 4.78 is 0. The van der Waals surface area contributed by atoms with Gasteiger partial charge in [-0.15, -0.1) is 6.42 Å². The molecule has 0 unspecified atom stereocenters. The van der Waals surface area contributed by atoms with Crippen molar-refractivity contribution in [2.24, 2.45) is 0 Å². The molecule has 2 heteroatoms. The highest BCUT2D eigenvalue weighted by atomic mass is 16.2. The predicted molar refractivity (Wildman–Crippen MR) is 36.8 cm³/mol. The Bertz CT molecular complexity index is 259. The standard InChI is InChI=1S/C8H7NO/c1-2-6-3-7-4-8(10)9(7)5-6/h1,5,7H,3-4H2/t7-/m1/s1. The molecule has 0 aromatic carbocycles. The molecule has 2 aliphatic rings. The molecule has 2 aliphatic heterocycles. The first kappa shape index (κ1) is 5.55. The summed E-state index contributed by atoms with van der Waals surface area (Å²) in [5.74, 6) is 2.76. The van der Waals surface area contributed by atoms with Crippen LogP contribution in [0.1, 0.15) is 12.8 Å². The van der Waals surface area contributed by atoms with E-state index < -0.39 is 0 Å². The summed E-state index contributed by atoms with van der Waals surface area (Å²) in [5, 5.41) is 0. The maximum atomic E-state index is 10.8. The first-order chi connectivity index (χ1) is 4.81. The predicted octanol–water partition coefficient (Wildman–Crippen LogP) is 0.508. The van der Waals surface area contributed by atoms with Crippen LogP contribution in [0.5, 0.6) is 0 Å². The topological polar surface area (TPSA) is 20.3 Å². The smallest absolute Gasteiger partial charge is 0.228 e. The number of hydrogen-bond acceptors (Lipinski definition) is 1. The minimum atomic E-state index is 0.204. The van der Waals surface area contributed by atoms with E-state index in [2.05, 4.69) is 5.92 Å². The van der Waals surface area contributed by atoms with E-state index in [4.69, 9.17) is 6.42 Å². The van der Waals surface area contributed by atoms with Gasteiger partial charge in [-0.1, -0.05) is 5.92 Å². The largest absolute Gasteiger partial charge is 0.314 e. The van der Waals surface area contributed by atoms with Crippen LogP contribution in [0.3, 0.4) is 0 Å². The summed E-state index contributed by atoms with van der Waals surface area (Å²) in [6.07, 6.45) is 8.54. The Labute approximate surface area is 59.5 Å². The summed E-state index contributed by atoms with van der Waals surface area (Å²) in [5.41, 5.74) is 0.954. The molecule has 2 rings (SSSR count). The van der Waals surface area contributed by atoms with Crippen molar-refractivity contribution in [2.45, 2.75) is 18.9 Å². The van der Waals surface area contributed by atoms with Gasteiger partial charge in [-0.2, -0.15) is 0 Å². The average Bonchev–Trinajstić information content (AvgIpc) is 2.26. The minimum absolute atomic E-state index is 0.204. The van der Waals surface area contributed by atoms with Crippen LogP contribution in [0.2, 0.25) is 0 Å². The molecule has 0 aliphatic carbocycles. The third-order valence-corrected chi connectivity index (χ3v) is 2.03. The summed E-state index contributed by atoms with van der Waals surface area (Å²) in [7, 11) is 0. The van der Waals surface area contributed by atoms with E-state index in [0.29, 0.717) is 12.5 Å². The number of fused-ring (bicyclic) bond motifs is 1. The monoisotopic (exact) mass is 133 g/mol. The van der Waals surface area contributed by atoms with Gasteiger partial charge in [-0.25, -0.2) is 0 Å². The number of carbonyl (C=O) groups excluding carboxylic acids is 1. The van der Waals surface area contributed by atoms with Crippen LogP contribution in [0.15, 0.2) is 11.8 Å². The molecular formula is C8H7NO. The highest BCUT2D eigenvalue weighted by Gasteiger charge is 2.38. The van der Waals surface area contributed by atoms with Crippen molar-refractivity contribution in [1.82, 2.24) is 4.90 Å². The van der Waals surface area contributed by atoms with Crippen LogP contribution in [0.25, 0.3) is 0 Å². The summed E-state index contributed by atoms with van der Waals surface area (Å²) in [4.78, 5) is 12.5. The molecule has 0 N–H and O–H groups in total. The van der Waals surface area contributed by atoms with Crippen LogP contribution < -0.4 is 0 Å². The maximum Gasteiger partial charge on any atom is 0.228 e. The van der Waals surface area contributed by atoms with Gasteiger partial charge >= 0.3 is 0 Å². The van der Waals surface area contributed by atoms with Crippen molar-refractivity contribution in [3.63, 3.8) is 0 Å². The van der Waals surface area contributed by atoms with Crippen molar-refractivity contribution in [2.75, 3.05) is 0 Å². The minimum Gasteiger partial charge on any atom is -0.314 e. The van der Waals surface area contributed by atoms with Gasteiger partial charge in [0, 0.05) is 30.7 Å². The molecule has 1 saturated heterocycles. The lowest BCUT2D eigenvalue weighted by atomic mass is 10.0. The number of β-lactam (4-membered cyclic amide) rings is 1. The molecule has 1 fully saturated rings. The molecule has 0 aromatic heterocycles. The van der Waals surface area contributed by atoms with Gasteiger partial charge in [-0.3, -0.25) is 4.79 Å². The van der Waals surface area contributed by atoms with Crippen molar-refractivity contribution >= 4 is 5.91 Å². The van der Waals surface area contributed by atoms with Crippen molar-refractivity contribution in [3.8, 4) is 12.3 Å². The molecular weight excluding hydrogens is 126 g/mol. The van der Waals surface area contributed by atoms with Gasteiger partial charge < -0.3 is 4.90 Å². The molecule has 1 atom stereocenters. The molecule has 0 bridgehead atoms. The Morgan fingerprint density at radius 1 is 1.70 bits per heavy atom. The lowest BCUT2D eigenvalue weighted by Gasteiger charge is -2.32. The van der Waals surface area contributed by atoms with E-state index in [1.165, 1.54) is 0 Å². The van der Waals surface area contributed by atoms with Gasteiger partial charge in [-0.05, 0) is 0 Å². The van der Waals surface area contributed by atoms with Crippen LogP contribution in [-0.4, -0.2) is 16.8 Å². The van der Waals surface area contributed by atoms with Gasteiger partial charge in [0.05, 0.1) is 0 Å². The first-order valence-corrected chi connectivity index (χ1v) is 3.30. The zero-order valence-electron chi connectivity index (χ0n) is 5.50. The normalized spacial score (nSPS) is 28.7. The lowest BCUT2D eigenvalue weighted by molar-refractivity contribution is -0.140. The molecule has 0 saturated carbocycles.